The number of fused-ring (bicyclic) bond motifs is 5. The van der Waals surface area contributed by atoms with Gasteiger partial charge in [-0.3, -0.25) is 4.79 Å². The smallest absolute Gasteiger partial charge is 0.174 e. The second-order valence-electron chi connectivity index (χ2n) is 9.02. The summed E-state index contributed by atoms with van der Waals surface area (Å²) >= 11 is 6.44. The molecule has 3 heteroatoms. The highest BCUT2D eigenvalue weighted by Gasteiger charge is 2.60. The first kappa shape index (κ1) is 16.4. The fourth-order valence-electron chi connectivity index (χ4n) is 6.85. The van der Waals surface area contributed by atoms with Gasteiger partial charge in [-0.1, -0.05) is 37.6 Å². The number of rotatable bonds is 0. The van der Waals surface area contributed by atoms with Crippen LogP contribution in [0.25, 0.3) is 0 Å². The van der Waals surface area contributed by atoms with Crippen molar-refractivity contribution in [3.8, 4) is 6.07 Å². The Hall–Kier alpha value is -1.07. The van der Waals surface area contributed by atoms with Gasteiger partial charge >= 0.3 is 0 Å². The zero-order valence-corrected chi connectivity index (χ0v) is 15.5. The Morgan fingerprint density at radius 3 is 2.67 bits per heavy atom. The molecule has 4 aliphatic rings. The maximum absolute atomic E-state index is 12.1. The minimum absolute atomic E-state index is 0.0183. The minimum Gasteiger partial charge on any atom is -0.293 e. The summed E-state index contributed by atoms with van der Waals surface area (Å²) in [6.07, 6.45) is 6.88. The van der Waals surface area contributed by atoms with Crippen molar-refractivity contribution in [1.82, 2.24) is 0 Å². The van der Waals surface area contributed by atoms with Crippen LogP contribution in [-0.2, 0) is 4.79 Å². The number of hydrogen-bond acceptors (Lipinski definition) is 2. The van der Waals surface area contributed by atoms with Gasteiger partial charge in [0, 0.05) is 6.42 Å². The zero-order chi connectivity index (χ0) is 17.3. The molecule has 3 saturated carbocycles. The molecule has 4 rings (SSSR count). The van der Waals surface area contributed by atoms with Gasteiger partial charge in [0.2, 0.25) is 0 Å². The molecule has 0 aromatic rings. The summed E-state index contributed by atoms with van der Waals surface area (Å²) in [5.74, 6) is 1.98. The predicted molar refractivity (Wildman–Crippen MR) is 95.1 cm³/mol. The molecule has 0 N–H and O–H groups in total. The van der Waals surface area contributed by atoms with E-state index in [1.165, 1.54) is 5.57 Å². The minimum atomic E-state index is 0.0183. The Morgan fingerprint density at radius 2 is 1.96 bits per heavy atom. The van der Waals surface area contributed by atoms with Gasteiger partial charge in [-0.15, -0.1) is 0 Å². The zero-order valence-electron chi connectivity index (χ0n) is 14.7. The van der Waals surface area contributed by atoms with Gasteiger partial charge in [-0.05, 0) is 72.7 Å². The molecule has 3 fully saturated rings. The lowest BCUT2D eigenvalue weighted by Gasteiger charge is -2.57. The number of hydrogen-bond donors (Lipinski definition) is 0. The lowest BCUT2D eigenvalue weighted by atomic mass is 9.47. The number of allylic oxidation sites excluding steroid dienone is 2. The number of halogens is 1. The van der Waals surface area contributed by atoms with E-state index in [1.807, 2.05) is 0 Å². The first-order valence-electron chi connectivity index (χ1n) is 9.32. The molecule has 0 amide bonds. The van der Waals surface area contributed by atoms with Gasteiger partial charge in [-0.2, -0.15) is 5.26 Å². The summed E-state index contributed by atoms with van der Waals surface area (Å²) in [5, 5.41) is 10.2. The van der Waals surface area contributed by atoms with E-state index in [-0.39, 0.29) is 22.5 Å². The Bertz CT molecular complexity index is 701. The third kappa shape index (κ3) is 1.91. The van der Waals surface area contributed by atoms with Gasteiger partial charge < -0.3 is 0 Å². The fourth-order valence-corrected chi connectivity index (χ4v) is 7.25. The SMILES string of the molecule is C=C1C[C@H]2[C@@H]3CCC4=C(Cl)C(=O)CC[C@]4(C)[C@H]3CC[C@]2(C)[C@H]1C#N. The summed E-state index contributed by atoms with van der Waals surface area (Å²) in [6, 6.07) is 2.55. The number of ketones is 1. The average Bonchev–Trinajstić information content (AvgIpc) is 2.81. The van der Waals surface area contributed by atoms with Crippen LogP contribution in [-0.4, -0.2) is 5.78 Å². The molecule has 4 aliphatic carbocycles. The molecule has 0 aromatic carbocycles. The summed E-state index contributed by atoms with van der Waals surface area (Å²) in [4.78, 5) is 12.1. The molecule has 128 valence electrons. The summed E-state index contributed by atoms with van der Waals surface area (Å²) in [5.41, 5.74) is 2.56. The summed E-state index contributed by atoms with van der Waals surface area (Å²) in [7, 11) is 0. The third-order valence-corrected chi connectivity index (χ3v) is 8.61. The third-order valence-electron chi connectivity index (χ3n) is 8.17. The van der Waals surface area contributed by atoms with Crippen LogP contribution in [0.2, 0.25) is 0 Å². The molecular formula is C21H26ClNO. The molecule has 0 heterocycles. The second kappa shape index (κ2) is 5.21. The van der Waals surface area contributed by atoms with Gasteiger partial charge in [0.05, 0.1) is 17.0 Å². The maximum Gasteiger partial charge on any atom is 0.174 e. The Labute approximate surface area is 149 Å². The van der Waals surface area contributed by atoms with Crippen molar-refractivity contribution >= 4 is 17.4 Å². The summed E-state index contributed by atoms with van der Waals surface area (Å²) < 4.78 is 0. The Balaban J connectivity index is 1.73. The molecule has 0 aliphatic heterocycles. The molecule has 0 aromatic heterocycles. The highest BCUT2D eigenvalue weighted by Crippen LogP contribution is 2.67. The maximum atomic E-state index is 12.1. The van der Waals surface area contributed by atoms with Crippen molar-refractivity contribution in [3.63, 3.8) is 0 Å². The number of carbonyl (C=O) groups excluding carboxylic acids is 1. The van der Waals surface area contributed by atoms with Gasteiger partial charge in [0.25, 0.3) is 0 Å². The standard InChI is InChI=1S/C21H26ClNO/c1-12-10-16-13-4-5-15-19(22)18(24)7-9-20(15,2)14(13)6-8-21(16,3)17(12)11-23/h13-14,16-17H,1,4-10H2,2-3H3/t13-,14+,16+,17+,20-,21+/m1/s1. The van der Waals surface area contributed by atoms with Crippen molar-refractivity contribution in [2.45, 2.75) is 58.8 Å². The van der Waals surface area contributed by atoms with Crippen molar-refractivity contribution < 1.29 is 4.79 Å². The van der Waals surface area contributed by atoms with E-state index >= 15 is 0 Å². The molecule has 0 bridgehead atoms. The Morgan fingerprint density at radius 1 is 1.21 bits per heavy atom. The van der Waals surface area contributed by atoms with E-state index < -0.39 is 0 Å². The first-order chi connectivity index (χ1) is 11.3. The lowest BCUT2D eigenvalue weighted by Crippen LogP contribution is -2.50. The fraction of sp³-hybridized carbons (Fsp3) is 0.714. The van der Waals surface area contributed by atoms with Gasteiger partial charge in [-0.25, -0.2) is 0 Å². The predicted octanol–water partition coefficient (Wildman–Crippen LogP) is 5.39. The van der Waals surface area contributed by atoms with Gasteiger partial charge in [0.15, 0.2) is 5.78 Å². The molecule has 6 atom stereocenters. The second-order valence-corrected chi connectivity index (χ2v) is 9.40. The highest BCUT2D eigenvalue weighted by atomic mass is 35.5. The number of Topliss-reactive ketones (excluding diaryl/α,β-unsaturated/α-hetero) is 1. The largest absolute Gasteiger partial charge is 0.293 e. The lowest BCUT2D eigenvalue weighted by molar-refractivity contribution is -0.117. The van der Waals surface area contributed by atoms with Crippen LogP contribution in [0.3, 0.4) is 0 Å². The monoisotopic (exact) mass is 343 g/mol. The van der Waals surface area contributed by atoms with Crippen LogP contribution in [0.15, 0.2) is 22.8 Å². The van der Waals surface area contributed by atoms with E-state index in [1.54, 1.807) is 0 Å². The van der Waals surface area contributed by atoms with E-state index in [4.69, 9.17) is 11.6 Å². The molecular weight excluding hydrogens is 318 g/mol. The quantitative estimate of drug-likeness (QED) is 0.553. The molecule has 0 saturated heterocycles. The van der Waals surface area contributed by atoms with Crippen molar-refractivity contribution in [2.24, 2.45) is 34.5 Å². The molecule has 0 unspecified atom stereocenters. The average molecular weight is 344 g/mol. The van der Waals surface area contributed by atoms with E-state index in [2.05, 4.69) is 26.5 Å². The van der Waals surface area contributed by atoms with Crippen LogP contribution in [0.4, 0.5) is 0 Å². The van der Waals surface area contributed by atoms with Crippen molar-refractivity contribution in [1.29, 1.82) is 5.26 Å². The molecule has 24 heavy (non-hydrogen) atoms. The van der Waals surface area contributed by atoms with Gasteiger partial charge in [0.1, 0.15) is 0 Å². The number of nitriles is 1. The van der Waals surface area contributed by atoms with Crippen molar-refractivity contribution in [2.75, 3.05) is 0 Å². The van der Waals surface area contributed by atoms with Crippen LogP contribution >= 0.6 is 11.6 Å². The summed E-state index contributed by atoms with van der Waals surface area (Å²) in [6.45, 7) is 8.91. The van der Waals surface area contributed by atoms with E-state index in [0.717, 1.165) is 44.1 Å². The molecule has 2 nitrogen and oxygen atoms in total. The Kier molecular flexibility index (Phi) is 3.56. The van der Waals surface area contributed by atoms with Crippen LogP contribution in [0, 0.1) is 45.8 Å². The molecule has 0 radical (unpaired) electrons. The van der Waals surface area contributed by atoms with Crippen LogP contribution < -0.4 is 0 Å². The topological polar surface area (TPSA) is 40.9 Å². The van der Waals surface area contributed by atoms with E-state index in [0.29, 0.717) is 29.2 Å². The number of nitrogens with zero attached hydrogens (tertiary/aromatic N) is 1. The van der Waals surface area contributed by atoms with E-state index in [9.17, 15) is 10.1 Å². The van der Waals surface area contributed by atoms with Crippen LogP contribution in [0.1, 0.15) is 58.8 Å². The first-order valence-corrected chi connectivity index (χ1v) is 9.70. The molecule has 0 spiro atoms. The number of carbonyl (C=O) groups is 1. The normalized spacial score (nSPS) is 47.8. The highest BCUT2D eigenvalue weighted by molar-refractivity contribution is 6.43. The van der Waals surface area contributed by atoms with Crippen molar-refractivity contribution in [3.05, 3.63) is 22.8 Å². The van der Waals surface area contributed by atoms with Crippen LogP contribution in [0.5, 0.6) is 0 Å².